The standard InChI is InChI=1S/C10H7ClN2O3.C10H9N3O3.C9H7N3O3.BBr3.H3N.H2O/c2*1-16-8-4-2-3-6-9(8)10(11)7(5-12-6)13(14)15;10-9-6(12(14)15)4-11-5-2-1-3-7(13)8(5)9;2-1(3)4;;/h2-5H,1H3;2-5H,1H3,(H2,11,12);1-4,13H,(H2,10,11);;1H3;1H2. The van der Waals surface area contributed by atoms with Crippen molar-refractivity contribution in [3.05, 3.63) is 109 Å². The number of ether oxygens (including phenoxy) is 2. The minimum Gasteiger partial charge on any atom is -0.507 e. The normalized spacial score (nSPS) is 9.70. The van der Waals surface area contributed by atoms with Gasteiger partial charge < -0.3 is 37.7 Å². The SMILES string of the molecule is BrB(Br)Br.COc1cccc2ncc([N+](=O)[O-])c(Cl)c12.COc1cccc2ncc([N+](=O)[O-])c(N)c12.N.Nc1c([N+](=O)[O-])cnc2cccc(O)c12.O. The fourth-order valence-corrected chi connectivity index (χ4v) is 4.70. The molecule has 0 atom stereocenters. The summed E-state index contributed by atoms with van der Waals surface area (Å²) in [7, 11) is 2.96. The first-order valence-electron chi connectivity index (χ1n) is 13.7. The number of phenols is 1. The van der Waals surface area contributed by atoms with Crippen molar-refractivity contribution >= 4 is 123 Å². The molecule has 0 aliphatic rings. The molecule has 280 valence electrons. The van der Waals surface area contributed by atoms with E-state index in [-0.39, 0.29) is 59.4 Å². The molecule has 6 rings (SSSR count). The lowest BCUT2D eigenvalue weighted by molar-refractivity contribution is -0.384. The number of benzene rings is 3. The highest BCUT2D eigenvalue weighted by Crippen LogP contribution is 2.37. The van der Waals surface area contributed by atoms with Gasteiger partial charge in [0, 0.05) is 0 Å². The average Bonchev–Trinajstić information content (AvgIpc) is 3.08. The van der Waals surface area contributed by atoms with Gasteiger partial charge in [0.05, 0.1) is 61.7 Å². The Morgan fingerprint density at radius 1 is 0.679 bits per heavy atom. The van der Waals surface area contributed by atoms with Crippen molar-refractivity contribution in [1.29, 1.82) is 0 Å². The maximum atomic E-state index is 10.7. The summed E-state index contributed by atoms with van der Waals surface area (Å²) in [5, 5.41) is 42.7. The van der Waals surface area contributed by atoms with E-state index in [1.54, 1.807) is 48.5 Å². The Balaban J connectivity index is 0.000000371. The zero-order valence-electron chi connectivity index (χ0n) is 27.3. The van der Waals surface area contributed by atoms with E-state index in [4.69, 9.17) is 32.5 Å². The van der Waals surface area contributed by atoms with E-state index >= 15 is 0 Å². The number of phenolic OH excluding ortho intramolecular Hbond substituents is 1. The van der Waals surface area contributed by atoms with Crippen molar-refractivity contribution < 1.29 is 34.8 Å². The van der Waals surface area contributed by atoms with Crippen LogP contribution in [0.1, 0.15) is 0 Å². The van der Waals surface area contributed by atoms with Crippen LogP contribution in [0.4, 0.5) is 28.4 Å². The number of hydrogen-bond donors (Lipinski definition) is 4. The van der Waals surface area contributed by atoms with Gasteiger partial charge in [-0.1, -0.05) is 29.8 Å². The predicted octanol–water partition coefficient (Wildman–Crippen LogP) is 7.46. The van der Waals surface area contributed by atoms with Crippen LogP contribution in [-0.4, -0.2) is 57.7 Å². The molecule has 0 saturated heterocycles. The van der Waals surface area contributed by atoms with Gasteiger partial charge in [0.1, 0.15) is 52.2 Å². The highest BCUT2D eigenvalue weighted by molar-refractivity contribution is 9.69. The summed E-state index contributed by atoms with van der Waals surface area (Å²) >= 11 is 15.3. The van der Waals surface area contributed by atoms with Crippen molar-refractivity contribution in [1.82, 2.24) is 21.1 Å². The minimum atomic E-state index is -0.631. The Morgan fingerprint density at radius 2 is 1.02 bits per heavy atom. The number of rotatable bonds is 5. The lowest BCUT2D eigenvalue weighted by atomic mass is 10.1. The van der Waals surface area contributed by atoms with Crippen molar-refractivity contribution in [3.63, 3.8) is 0 Å². The van der Waals surface area contributed by atoms with Crippen molar-refractivity contribution in [2.24, 2.45) is 0 Å². The Hall–Kier alpha value is -5.20. The zero-order valence-corrected chi connectivity index (χ0v) is 32.8. The van der Waals surface area contributed by atoms with Gasteiger partial charge >= 0.3 is 20.2 Å². The van der Waals surface area contributed by atoms with Crippen LogP contribution in [0, 0.1) is 30.3 Å². The minimum absolute atomic E-state index is 0. The molecule has 0 spiro atoms. The molecule has 0 radical (unpaired) electrons. The van der Waals surface area contributed by atoms with Crippen molar-refractivity contribution in [2.45, 2.75) is 0 Å². The van der Waals surface area contributed by atoms with Crippen molar-refractivity contribution in [2.75, 3.05) is 25.7 Å². The summed E-state index contributed by atoms with van der Waals surface area (Å²) in [4.78, 5) is 42.0. The Morgan fingerprint density at radius 3 is 1.43 bits per heavy atom. The van der Waals surface area contributed by atoms with Gasteiger partial charge in [0.25, 0.3) is 0 Å². The summed E-state index contributed by atoms with van der Waals surface area (Å²) in [6.07, 6.45) is 3.37. The second-order valence-corrected chi connectivity index (χ2v) is 16.3. The van der Waals surface area contributed by atoms with E-state index in [1.165, 1.54) is 20.3 Å². The number of aromatic nitrogens is 3. The van der Waals surface area contributed by atoms with Crippen molar-refractivity contribution in [3.8, 4) is 17.2 Å². The maximum absolute atomic E-state index is 10.7. The van der Waals surface area contributed by atoms with Gasteiger partial charge in [-0.05, 0) is 36.4 Å². The smallest absolute Gasteiger partial charge is 0.369 e. The van der Waals surface area contributed by atoms with E-state index in [2.05, 4.69) is 62.2 Å². The molecule has 0 amide bonds. The topological polar surface area (TPSA) is 325 Å². The van der Waals surface area contributed by atoms with Crippen LogP contribution in [0.2, 0.25) is 5.02 Å². The number of halogens is 4. The first kappa shape index (κ1) is 45.8. The second kappa shape index (κ2) is 20.7. The van der Waals surface area contributed by atoms with Gasteiger partial charge in [-0.25, -0.2) is 15.0 Å². The van der Waals surface area contributed by atoms with Crippen LogP contribution in [0.15, 0.2) is 73.2 Å². The lowest BCUT2D eigenvalue weighted by Gasteiger charge is -2.06. The summed E-state index contributed by atoms with van der Waals surface area (Å²) in [5.41, 5.74) is 12.2. The van der Waals surface area contributed by atoms with Crippen LogP contribution in [0.25, 0.3) is 32.7 Å². The summed E-state index contributed by atoms with van der Waals surface area (Å²) < 4.78 is 10.5. The number of anilines is 2. The monoisotopic (exact) mass is 945 g/mol. The van der Waals surface area contributed by atoms with Crippen LogP contribution < -0.4 is 27.1 Å². The third-order valence-electron chi connectivity index (χ3n) is 6.57. The van der Waals surface area contributed by atoms with Crippen LogP contribution in [-0.2, 0) is 0 Å². The second-order valence-electron chi connectivity index (χ2n) is 9.47. The number of pyridine rings is 3. The van der Waals surface area contributed by atoms with Crippen LogP contribution in [0.3, 0.4) is 0 Å². The predicted molar refractivity (Wildman–Crippen MR) is 215 cm³/mol. The first-order valence-corrected chi connectivity index (χ1v) is 16.8. The fourth-order valence-electron chi connectivity index (χ4n) is 4.39. The molecule has 24 heteroatoms. The summed E-state index contributed by atoms with van der Waals surface area (Å²) in [5.74, 6) is 0.839. The number of nitrogens with zero attached hydrogens (tertiary/aromatic N) is 6. The molecule has 0 unspecified atom stereocenters. The van der Waals surface area contributed by atoms with Gasteiger partial charge in [0.2, 0.25) is 0 Å². The fraction of sp³-hybridized carbons (Fsp3) is 0.0690. The third-order valence-corrected chi connectivity index (χ3v) is 6.95. The number of hydrogen-bond acceptors (Lipinski definition) is 15. The highest BCUT2D eigenvalue weighted by atomic mass is 79.9. The number of nitrogen functional groups attached to an aromatic ring is 2. The molecular formula is C29H28BBr3ClN9O10. The molecule has 3 aromatic carbocycles. The van der Waals surface area contributed by atoms with E-state index in [0.29, 0.717) is 38.8 Å². The summed E-state index contributed by atoms with van der Waals surface area (Å²) in [6, 6.07) is 14.9. The average molecular weight is 949 g/mol. The molecule has 19 nitrogen and oxygen atoms in total. The molecular weight excluding hydrogens is 920 g/mol. The zero-order chi connectivity index (χ0) is 38.0. The van der Waals surface area contributed by atoms with E-state index in [0.717, 1.165) is 18.6 Å². The van der Waals surface area contributed by atoms with E-state index in [9.17, 15) is 35.4 Å². The molecule has 10 N–H and O–H groups in total. The number of aromatic hydroxyl groups is 1. The highest BCUT2D eigenvalue weighted by Gasteiger charge is 2.20. The number of nitro groups is 3. The molecule has 0 aliphatic heterocycles. The van der Waals surface area contributed by atoms with Gasteiger partial charge in [-0.2, -0.15) is 0 Å². The number of methoxy groups -OCH3 is 2. The third kappa shape index (κ3) is 11.1. The Labute approximate surface area is 329 Å². The molecule has 0 aliphatic carbocycles. The van der Waals surface area contributed by atoms with E-state index in [1.807, 2.05) is 0 Å². The van der Waals surface area contributed by atoms with Gasteiger partial charge in [-0.15, -0.1) is 47.3 Å². The molecule has 0 saturated carbocycles. The largest absolute Gasteiger partial charge is 0.507 e. The summed E-state index contributed by atoms with van der Waals surface area (Å²) in [6.45, 7) is 0. The Bertz CT molecular complexity index is 2160. The first-order chi connectivity index (χ1) is 24.1. The Kier molecular flexibility index (Phi) is 17.9. The molecule has 0 fully saturated rings. The number of fused-ring (bicyclic) bond motifs is 3. The van der Waals surface area contributed by atoms with Gasteiger partial charge in [0.15, 0.2) is 0 Å². The molecule has 53 heavy (non-hydrogen) atoms. The molecule has 3 heterocycles. The van der Waals surface area contributed by atoms with Crippen LogP contribution >= 0.6 is 58.9 Å². The number of nitrogens with two attached hydrogens (primary N) is 2. The maximum Gasteiger partial charge on any atom is 0.369 e. The molecule has 3 aromatic heterocycles. The van der Waals surface area contributed by atoms with Gasteiger partial charge in [-0.3, -0.25) is 30.3 Å². The quantitative estimate of drug-likeness (QED) is 0.0740. The molecule has 0 bridgehead atoms. The molecule has 6 aromatic rings. The van der Waals surface area contributed by atoms with E-state index < -0.39 is 14.8 Å². The van der Waals surface area contributed by atoms with Crippen LogP contribution in [0.5, 0.6) is 17.2 Å². The lowest BCUT2D eigenvalue weighted by Crippen LogP contribution is -1.99.